The minimum absolute atomic E-state index is 0.527. The average molecular weight is 269 g/mol. The number of rotatable bonds is 3. The third kappa shape index (κ3) is 2.79. The largest absolute Gasteiger partial charge is 0.354 e. The molecular formula is C15H19N5. The van der Waals surface area contributed by atoms with Crippen LogP contribution >= 0.6 is 0 Å². The fraction of sp³-hybridized carbons (Fsp3) is 0.333. The van der Waals surface area contributed by atoms with Crippen LogP contribution in [0.1, 0.15) is 5.56 Å². The first-order valence-corrected chi connectivity index (χ1v) is 6.94. The SMILES string of the molecule is NCc1cc(-c2ccncc2)nc(N2CCNCC2)c1. The van der Waals surface area contributed by atoms with Crippen molar-refractivity contribution < 1.29 is 0 Å². The molecule has 3 heterocycles. The van der Waals surface area contributed by atoms with Crippen molar-refractivity contribution in [3.8, 4) is 11.3 Å². The minimum atomic E-state index is 0.527. The molecule has 3 rings (SSSR count). The molecule has 0 unspecified atom stereocenters. The molecule has 0 saturated carbocycles. The number of hydrogen-bond acceptors (Lipinski definition) is 5. The Morgan fingerprint density at radius 3 is 2.60 bits per heavy atom. The van der Waals surface area contributed by atoms with Gasteiger partial charge in [-0.2, -0.15) is 0 Å². The highest BCUT2D eigenvalue weighted by molar-refractivity contribution is 5.62. The van der Waals surface area contributed by atoms with Crippen LogP contribution in [0, 0.1) is 0 Å². The zero-order valence-corrected chi connectivity index (χ0v) is 11.4. The van der Waals surface area contributed by atoms with Gasteiger partial charge < -0.3 is 16.0 Å². The summed E-state index contributed by atoms with van der Waals surface area (Å²) in [6, 6.07) is 8.10. The molecule has 1 saturated heterocycles. The van der Waals surface area contributed by atoms with Gasteiger partial charge in [0.2, 0.25) is 0 Å². The summed E-state index contributed by atoms with van der Waals surface area (Å²) in [5, 5.41) is 3.36. The lowest BCUT2D eigenvalue weighted by molar-refractivity contribution is 0.585. The molecule has 1 fully saturated rings. The summed E-state index contributed by atoms with van der Waals surface area (Å²) in [7, 11) is 0. The number of piperazine rings is 1. The van der Waals surface area contributed by atoms with E-state index in [0.29, 0.717) is 6.54 Å². The van der Waals surface area contributed by atoms with Crippen LogP contribution in [0.2, 0.25) is 0 Å². The Labute approximate surface area is 118 Å². The van der Waals surface area contributed by atoms with Crippen molar-refractivity contribution in [3.63, 3.8) is 0 Å². The topological polar surface area (TPSA) is 67.1 Å². The fourth-order valence-corrected chi connectivity index (χ4v) is 2.42. The Balaban J connectivity index is 1.98. The van der Waals surface area contributed by atoms with Crippen LogP contribution < -0.4 is 16.0 Å². The van der Waals surface area contributed by atoms with E-state index in [1.54, 1.807) is 12.4 Å². The lowest BCUT2D eigenvalue weighted by atomic mass is 10.1. The van der Waals surface area contributed by atoms with E-state index >= 15 is 0 Å². The van der Waals surface area contributed by atoms with Gasteiger partial charge in [0.1, 0.15) is 5.82 Å². The molecule has 1 aliphatic heterocycles. The molecule has 5 nitrogen and oxygen atoms in total. The summed E-state index contributed by atoms with van der Waals surface area (Å²) in [4.78, 5) is 11.2. The molecular weight excluding hydrogens is 250 g/mol. The van der Waals surface area contributed by atoms with Crippen LogP contribution in [0.25, 0.3) is 11.3 Å². The summed E-state index contributed by atoms with van der Waals surface area (Å²) >= 11 is 0. The van der Waals surface area contributed by atoms with E-state index in [0.717, 1.165) is 48.8 Å². The highest BCUT2D eigenvalue weighted by atomic mass is 15.2. The van der Waals surface area contributed by atoms with E-state index in [4.69, 9.17) is 10.7 Å². The Morgan fingerprint density at radius 1 is 1.15 bits per heavy atom. The summed E-state index contributed by atoms with van der Waals surface area (Å²) in [5.41, 5.74) is 8.97. The normalized spacial score (nSPS) is 15.3. The van der Waals surface area contributed by atoms with E-state index < -0.39 is 0 Å². The van der Waals surface area contributed by atoms with E-state index in [9.17, 15) is 0 Å². The summed E-state index contributed by atoms with van der Waals surface area (Å²) < 4.78 is 0. The summed E-state index contributed by atoms with van der Waals surface area (Å²) in [5.74, 6) is 1.02. The van der Waals surface area contributed by atoms with E-state index in [1.807, 2.05) is 12.1 Å². The number of aromatic nitrogens is 2. The van der Waals surface area contributed by atoms with Crippen LogP contribution in [-0.4, -0.2) is 36.1 Å². The monoisotopic (exact) mass is 269 g/mol. The maximum Gasteiger partial charge on any atom is 0.129 e. The lowest BCUT2D eigenvalue weighted by Gasteiger charge is -2.29. The molecule has 0 atom stereocenters. The molecule has 2 aromatic rings. The third-order valence-electron chi connectivity index (χ3n) is 3.52. The van der Waals surface area contributed by atoms with Gasteiger partial charge in [0.15, 0.2) is 0 Å². The van der Waals surface area contributed by atoms with Crippen molar-refractivity contribution in [3.05, 3.63) is 42.2 Å². The molecule has 3 N–H and O–H groups in total. The number of nitrogens with zero attached hydrogens (tertiary/aromatic N) is 3. The van der Waals surface area contributed by atoms with E-state index in [1.165, 1.54) is 0 Å². The molecule has 0 radical (unpaired) electrons. The highest BCUT2D eigenvalue weighted by Crippen LogP contribution is 2.22. The quantitative estimate of drug-likeness (QED) is 0.870. The molecule has 1 aliphatic rings. The van der Waals surface area contributed by atoms with Crippen molar-refractivity contribution in [1.82, 2.24) is 15.3 Å². The molecule has 0 aliphatic carbocycles. The second kappa shape index (κ2) is 5.98. The van der Waals surface area contributed by atoms with Gasteiger partial charge in [0, 0.05) is 50.7 Å². The number of pyridine rings is 2. The average Bonchev–Trinajstić information content (AvgIpc) is 2.56. The summed E-state index contributed by atoms with van der Waals surface area (Å²) in [6.45, 7) is 4.49. The molecule has 2 aromatic heterocycles. The number of nitrogens with two attached hydrogens (primary N) is 1. The molecule has 0 amide bonds. The fourth-order valence-electron chi connectivity index (χ4n) is 2.42. The van der Waals surface area contributed by atoms with Crippen LogP contribution in [0.15, 0.2) is 36.7 Å². The molecule has 104 valence electrons. The van der Waals surface area contributed by atoms with E-state index in [-0.39, 0.29) is 0 Å². The van der Waals surface area contributed by atoms with Crippen molar-refractivity contribution >= 4 is 5.82 Å². The Hall–Kier alpha value is -1.98. The van der Waals surface area contributed by atoms with Crippen LogP contribution in [-0.2, 0) is 6.54 Å². The van der Waals surface area contributed by atoms with Crippen molar-refractivity contribution in [2.75, 3.05) is 31.1 Å². The predicted octanol–water partition coefficient (Wildman–Crippen LogP) is 1.01. The van der Waals surface area contributed by atoms with Crippen LogP contribution in [0.3, 0.4) is 0 Å². The van der Waals surface area contributed by atoms with E-state index in [2.05, 4.69) is 27.3 Å². The molecule has 20 heavy (non-hydrogen) atoms. The minimum Gasteiger partial charge on any atom is -0.354 e. The van der Waals surface area contributed by atoms with Gasteiger partial charge in [-0.05, 0) is 29.8 Å². The smallest absolute Gasteiger partial charge is 0.129 e. The zero-order chi connectivity index (χ0) is 13.8. The zero-order valence-electron chi connectivity index (χ0n) is 11.4. The summed E-state index contributed by atoms with van der Waals surface area (Å²) in [6.07, 6.45) is 3.58. The van der Waals surface area contributed by atoms with Gasteiger partial charge in [-0.1, -0.05) is 0 Å². The van der Waals surface area contributed by atoms with Crippen molar-refractivity contribution in [1.29, 1.82) is 0 Å². The second-order valence-electron chi connectivity index (χ2n) is 4.90. The van der Waals surface area contributed by atoms with Crippen LogP contribution in [0.5, 0.6) is 0 Å². The Kier molecular flexibility index (Phi) is 3.90. The predicted molar refractivity (Wildman–Crippen MR) is 80.4 cm³/mol. The number of hydrogen-bond donors (Lipinski definition) is 2. The van der Waals surface area contributed by atoms with Gasteiger partial charge in [-0.15, -0.1) is 0 Å². The van der Waals surface area contributed by atoms with Crippen molar-refractivity contribution in [2.24, 2.45) is 5.73 Å². The third-order valence-corrected chi connectivity index (χ3v) is 3.52. The molecule has 0 spiro atoms. The van der Waals surface area contributed by atoms with Gasteiger partial charge in [-0.25, -0.2) is 4.98 Å². The maximum absolute atomic E-state index is 5.82. The van der Waals surface area contributed by atoms with Crippen LogP contribution in [0.4, 0.5) is 5.82 Å². The van der Waals surface area contributed by atoms with Gasteiger partial charge in [0.05, 0.1) is 5.69 Å². The van der Waals surface area contributed by atoms with Gasteiger partial charge >= 0.3 is 0 Å². The Morgan fingerprint density at radius 2 is 1.90 bits per heavy atom. The molecule has 0 bridgehead atoms. The standard InChI is InChI=1S/C15H19N5/c16-11-12-9-14(13-1-3-17-4-2-13)19-15(10-12)20-7-5-18-6-8-20/h1-4,9-10,18H,5-8,11,16H2. The first-order chi connectivity index (χ1) is 9.86. The maximum atomic E-state index is 5.82. The highest BCUT2D eigenvalue weighted by Gasteiger charge is 2.13. The lowest BCUT2D eigenvalue weighted by Crippen LogP contribution is -2.44. The first kappa shape index (κ1) is 13.0. The molecule has 5 heteroatoms. The van der Waals surface area contributed by atoms with Gasteiger partial charge in [0.25, 0.3) is 0 Å². The first-order valence-electron chi connectivity index (χ1n) is 6.94. The molecule has 0 aromatic carbocycles. The number of anilines is 1. The second-order valence-corrected chi connectivity index (χ2v) is 4.90. The van der Waals surface area contributed by atoms with Gasteiger partial charge in [-0.3, -0.25) is 4.98 Å². The Bertz CT molecular complexity index is 564. The number of nitrogens with one attached hydrogen (secondary N) is 1. The van der Waals surface area contributed by atoms with Crippen molar-refractivity contribution in [2.45, 2.75) is 6.54 Å².